The number of carbonyl (C=O) groups is 1. The van der Waals surface area contributed by atoms with Crippen LogP contribution in [0.2, 0.25) is 10.0 Å². The van der Waals surface area contributed by atoms with Crippen molar-refractivity contribution in [3.8, 4) is 0 Å². The molecule has 1 aliphatic rings. The SMILES string of the molecule is O=C(Nc1cc(Cl)ccc1F)[C@H]1CCCN(S(=O)(=O)c2ccc(Cl)cc2)C1. The molecule has 0 bridgehead atoms. The van der Waals surface area contributed by atoms with Gasteiger partial charge in [0.05, 0.1) is 16.5 Å². The van der Waals surface area contributed by atoms with Crippen molar-refractivity contribution >= 4 is 44.8 Å². The second-order valence-corrected chi connectivity index (χ2v) is 9.08. The molecule has 2 aromatic carbocycles. The number of sulfonamides is 1. The molecule has 0 saturated carbocycles. The fourth-order valence-electron chi connectivity index (χ4n) is 2.96. The number of amides is 1. The van der Waals surface area contributed by atoms with Crippen LogP contribution in [0.4, 0.5) is 10.1 Å². The van der Waals surface area contributed by atoms with Gasteiger partial charge in [-0.05, 0) is 55.3 Å². The highest BCUT2D eigenvalue weighted by molar-refractivity contribution is 7.89. The summed E-state index contributed by atoms with van der Waals surface area (Å²) in [6.07, 6.45) is 1.05. The molecule has 0 aromatic heterocycles. The number of hydrogen-bond acceptors (Lipinski definition) is 3. The lowest BCUT2D eigenvalue weighted by Crippen LogP contribution is -2.43. The number of carbonyl (C=O) groups excluding carboxylic acids is 1. The fraction of sp³-hybridized carbons (Fsp3) is 0.278. The first kappa shape index (κ1) is 20.1. The molecule has 27 heavy (non-hydrogen) atoms. The van der Waals surface area contributed by atoms with Gasteiger partial charge < -0.3 is 5.32 Å². The monoisotopic (exact) mass is 430 g/mol. The summed E-state index contributed by atoms with van der Waals surface area (Å²) in [5.41, 5.74) is -0.0230. The fourth-order valence-corrected chi connectivity index (χ4v) is 4.78. The smallest absolute Gasteiger partial charge is 0.243 e. The summed E-state index contributed by atoms with van der Waals surface area (Å²) >= 11 is 11.6. The molecule has 1 aliphatic heterocycles. The molecule has 1 amide bonds. The second-order valence-electron chi connectivity index (χ2n) is 6.27. The van der Waals surface area contributed by atoms with Crippen molar-refractivity contribution in [2.24, 2.45) is 5.92 Å². The first-order valence-corrected chi connectivity index (χ1v) is 10.5. The summed E-state index contributed by atoms with van der Waals surface area (Å²) in [4.78, 5) is 12.6. The Bertz CT molecular complexity index is 952. The molecule has 3 rings (SSSR count). The van der Waals surface area contributed by atoms with Crippen molar-refractivity contribution in [3.63, 3.8) is 0 Å². The maximum absolute atomic E-state index is 13.8. The number of anilines is 1. The molecule has 1 saturated heterocycles. The number of nitrogens with zero attached hydrogens (tertiary/aromatic N) is 1. The Kier molecular flexibility index (Phi) is 6.05. The van der Waals surface area contributed by atoms with Crippen LogP contribution in [0.15, 0.2) is 47.4 Å². The van der Waals surface area contributed by atoms with Gasteiger partial charge in [0.2, 0.25) is 15.9 Å². The summed E-state index contributed by atoms with van der Waals surface area (Å²) in [5.74, 6) is -1.62. The Hall–Kier alpha value is -1.67. The van der Waals surface area contributed by atoms with Crippen LogP contribution in [0.1, 0.15) is 12.8 Å². The summed E-state index contributed by atoms with van der Waals surface area (Å²) in [7, 11) is -3.73. The molecule has 1 atom stereocenters. The number of rotatable bonds is 4. The van der Waals surface area contributed by atoms with E-state index in [2.05, 4.69) is 5.32 Å². The molecule has 0 radical (unpaired) electrons. The predicted octanol–water partition coefficient (Wildman–Crippen LogP) is 4.17. The Morgan fingerprint density at radius 2 is 1.78 bits per heavy atom. The van der Waals surface area contributed by atoms with Gasteiger partial charge >= 0.3 is 0 Å². The lowest BCUT2D eigenvalue weighted by atomic mass is 9.98. The predicted molar refractivity (Wildman–Crippen MR) is 103 cm³/mol. The number of piperidine rings is 1. The summed E-state index contributed by atoms with van der Waals surface area (Å²) in [6, 6.07) is 9.74. The van der Waals surface area contributed by atoms with Crippen molar-refractivity contribution in [2.75, 3.05) is 18.4 Å². The van der Waals surface area contributed by atoms with Crippen LogP contribution in [-0.4, -0.2) is 31.7 Å². The molecule has 1 fully saturated rings. The van der Waals surface area contributed by atoms with Gasteiger partial charge in [-0.15, -0.1) is 0 Å². The maximum Gasteiger partial charge on any atom is 0.243 e. The van der Waals surface area contributed by atoms with Gasteiger partial charge in [0, 0.05) is 23.1 Å². The molecule has 0 unspecified atom stereocenters. The topological polar surface area (TPSA) is 66.5 Å². The van der Waals surface area contributed by atoms with Crippen molar-refractivity contribution in [2.45, 2.75) is 17.7 Å². The van der Waals surface area contributed by atoms with E-state index in [1.54, 1.807) is 0 Å². The zero-order valence-electron chi connectivity index (χ0n) is 14.2. The molecule has 1 heterocycles. The summed E-state index contributed by atoms with van der Waals surface area (Å²) in [5, 5.41) is 3.23. The standard InChI is InChI=1S/C18H17Cl2FN2O3S/c19-13-3-6-15(7-4-13)27(25,26)23-9-1-2-12(11-23)18(24)22-17-10-14(20)5-8-16(17)21/h3-8,10,12H,1-2,9,11H2,(H,22,24)/t12-/m0/s1. The van der Waals surface area contributed by atoms with Gasteiger partial charge in [-0.1, -0.05) is 23.2 Å². The van der Waals surface area contributed by atoms with Gasteiger partial charge in [0.15, 0.2) is 0 Å². The zero-order chi connectivity index (χ0) is 19.6. The van der Waals surface area contributed by atoms with Crippen LogP contribution in [0.25, 0.3) is 0 Å². The molecule has 0 aliphatic carbocycles. The third-order valence-electron chi connectivity index (χ3n) is 4.39. The minimum absolute atomic E-state index is 0.0230. The Morgan fingerprint density at radius 1 is 1.11 bits per heavy atom. The molecule has 1 N–H and O–H groups in total. The lowest BCUT2D eigenvalue weighted by Gasteiger charge is -2.31. The van der Waals surface area contributed by atoms with Crippen molar-refractivity contribution in [3.05, 3.63) is 58.3 Å². The van der Waals surface area contributed by atoms with Gasteiger partial charge in [-0.3, -0.25) is 4.79 Å². The number of nitrogens with one attached hydrogen (secondary N) is 1. The number of benzene rings is 2. The largest absolute Gasteiger partial charge is 0.323 e. The first-order chi connectivity index (χ1) is 12.8. The van der Waals surface area contributed by atoms with Crippen LogP contribution in [-0.2, 0) is 14.8 Å². The molecule has 5 nitrogen and oxygen atoms in total. The van der Waals surface area contributed by atoms with Gasteiger partial charge in [-0.25, -0.2) is 12.8 Å². The first-order valence-electron chi connectivity index (χ1n) is 8.29. The highest BCUT2D eigenvalue weighted by Crippen LogP contribution is 2.26. The highest BCUT2D eigenvalue weighted by Gasteiger charge is 2.33. The average Bonchev–Trinajstić information content (AvgIpc) is 2.65. The van der Waals surface area contributed by atoms with E-state index in [0.29, 0.717) is 29.4 Å². The van der Waals surface area contributed by atoms with Gasteiger partial charge in [0.1, 0.15) is 5.82 Å². The minimum atomic E-state index is -3.73. The third kappa shape index (κ3) is 4.60. The number of halogens is 3. The normalized spacial score (nSPS) is 18.3. The van der Waals surface area contributed by atoms with E-state index in [-0.39, 0.29) is 17.1 Å². The van der Waals surface area contributed by atoms with E-state index >= 15 is 0 Å². The molecule has 0 spiro atoms. The summed E-state index contributed by atoms with van der Waals surface area (Å²) in [6.45, 7) is 0.346. The van der Waals surface area contributed by atoms with Crippen LogP contribution in [0.3, 0.4) is 0 Å². The lowest BCUT2D eigenvalue weighted by molar-refractivity contribution is -0.120. The zero-order valence-corrected chi connectivity index (χ0v) is 16.5. The molecule has 144 valence electrons. The Labute approximate surface area is 167 Å². The summed E-state index contributed by atoms with van der Waals surface area (Å²) < 4.78 is 40.7. The van der Waals surface area contributed by atoms with Gasteiger partial charge in [0.25, 0.3) is 0 Å². The van der Waals surface area contributed by atoms with Crippen LogP contribution < -0.4 is 5.32 Å². The maximum atomic E-state index is 13.8. The molecular formula is C18H17Cl2FN2O3S. The minimum Gasteiger partial charge on any atom is -0.323 e. The van der Waals surface area contributed by atoms with Gasteiger partial charge in [-0.2, -0.15) is 4.31 Å². The van der Waals surface area contributed by atoms with Crippen molar-refractivity contribution in [1.82, 2.24) is 4.31 Å². The van der Waals surface area contributed by atoms with E-state index in [1.165, 1.54) is 40.7 Å². The van der Waals surface area contributed by atoms with Crippen LogP contribution in [0.5, 0.6) is 0 Å². The van der Waals surface area contributed by atoms with Crippen molar-refractivity contribution in [1.29, 1.82) is 0 Å². The Morgan fingerprint density at radius 3 is 2.48 bits per heavy atom. The third-order valence-corrected chi connectivity index (χ3v) is 6.76. The molecular weight excluding hydrogens is 414 g/mol. The molecule has 9 heteroatoms. The average molecular weight is 431 g/mol. The molecule has 2 aromatic rings. The van der Waals surface area contributed by atoms with E-state index < -0.39 is 27.7 Å². The second kappa shape index (κ2) is 8.14. The van der Waals surface area contributed by atoms with E-state index in [0.717, 1.165) is 6.07 Å². The highest BCUT2D eigenvalue weighted by atomic mass is 35.5. The van der Waals surface area contributed by atoms with Crippen LogP contribution in [0, 0.1) is 11.7 Å². The quantitative estimate of drug-likeness (QED) is 0.790. The number of hydrogen-bond donors (Lipinski definition) is 1. The van der Waals surface area contributed by atoms with E-state index in [9.17, 15) is 17.6 Å². The van der Waals surface area contributed by atoms with E-state index in [1.807, 2.05) is 0 Å². The van der Waals surface area contributed by atoms with Crippen molar-refractivity contribution < 1.29 is 17.6 Å². The van der Waals surface area contributed by atoms with Crippen LogP contribution >= 0.6 is 23.2 Å². The Balaban J connectivity index is 1.74. The van der Waals surface area contributed by atoms with E-state index in [4.69, 9.17) is 23.2 Å².